The first-order chi connectivity index (χ1) is 8.70. The van der Waals surface area contributed by atoms with Crippen LogP contribution in [0.2, 0.25) is 0 Å². The van der Waals surface area contributed by atoms with Gasteiger partial charge in [-0.3, -0.25) is 0 Å². The van der Waals surface area contributed by atoms with E-state index >= 15 is 0 Å². The zero-order valence-corrected chi connectivity index (χ0v) is 10.8. The Bertz CT molecular complexity index is 520. The molecule has 1 aromatic heterocycles. The lowest BCUT2D eigenvalue weighted by molar-refractivity contribution is 0.622. The summed E-state index contributed by atoms with van der Waals surface area (Å²) in [6.45, 7) is 3.72. The van der Waals surface area contributed by atoms with Gasteiger partial charge in [0.1, 0.15) is 11.6 Å². The Balaban J connectivity index is 2.24. The standard InChI is InChI=1S/C14H18FN3/c1-3-16-10-11-4-5-13(15)8-12(11)9-14-17-6-7-18(14)2/h4-8,16H,3,9-10H2,1-2H3. The molecular weight excluding hydrogens is 229 g/mol. The average molecular weight is 247 g/mol. The van der Waals surface area contributed by atoms with E-state index in [0.717, 1.165) is 30.0 Å². The van der Waals surface area contributed by atoms with Gasteiger partial charge in [-0.15, -0.1) is 0 Å². The fourth-order valence-electron chi connectivity index (χ4n) is 1.93. The van der Waals surface area contributed by atoms with E-state index in [1.165, 1.54) is 6.07 Å². The van der Waals surface area contributed by atoms with Crippen molar-refractivity contribution < 1.29 is 4.39 Å². The quantitative estimate of drug-likeness (QED) is 0.878. The highest BCUT2D eigenvalue weighted by Crippen LogP contribution is 2.15. The summed E-state index contributed by atoms with van der Waals surface area (Å²) >= 11 is 0. The van der Waals surface area contributed by atoms with Crippen LogP contribution in [0.15, 0.2) is 30.6 Å². The SMILES string of the molecule is CCNCc1ccc(F)cc1Cc1nccn1C. The number of benzene rings is 1. The van der Waals surface area contributed by atoms with Crippen LogP contribution in [0.25, 0.3) is 0 Å². The first-order valence-corrected chi connectivity index (χ1v) is 6.15. The zero-order chi connectivity index (χ0) is 13.0. The van der Waals surface area contributed by atoms with Crippen LogP contribution in [0.3, 0.4) is 0 Å². The molecule has 1 N–H and O–H groups in total. The topological polar surface area (TPSA) is 29.9 Å². The van der Waals surface area contributed by atoms with Gasteiger partial charge >= 0.3 is 0 Å². The Labute approximate surface area is 107 Å². The van der Waals surface area contributed by atoms with Gasteiger partial charge in [-0.25, -0.2) is 9.37 Å². The fraction of sp³-hybridized carbons (Fsp3) is 0.357. The minimum atomic E-state index is -0.195. The third kappa shape index (κ3) is 2.96. The first kappa shape index (κ1) is 12.8. The minimum absolute atomic E-state index is 0.195. The van der Waals surface area contributed by atoms with Crippen molar-refractivity contribution in [2.45, 2.75) is 19.9 Å². The summed E-state index contributed by atoms with van der Waals surface area (Å²) in [4.78, 5) is 4.28. The summed E-state index contributed by atoms with van der Waals surface area (Å²) in [5.41, 5.74) is 2.12. The summed E-state index contributed by atoms with van der Waals surface area (Å²) in [5.74, 6) is 0.748. The average Bonchev–Trinajstić information content (AvgIpc) is 2.74. The molecule has 0 spiro atoms. The number of imidazole rings is 1. The number of halogens is 1. The van der Waals surface area contributed by atoms with Crippen LogP contribution in [0, 0.1) is 5.82 Å². The van der Waals surface area contributed by atoms with Gasteiger partial charge < -0.3 is 9.88 Å². The highest BCUT2D eigenvalue weighted by Gasteiger charge is 2.07. The second kappa shape index (κ2) is 5.78. The van der Waals surface area contributed by atoms with Crippen molar-refractivity contribution in [1.82, 2.24) is 14.9 Å². The van der Waals surface area contributed by atoms with E-state index in [-0.39, 0.29) is 5.82 Å². The number of aromatic nitrogens is 2. The molecule has 3 nitrogen and oxygen atoms in total. The van der Waals surface area contributed by atoms with E-state index in [0.29, 0.717) is 6.42 Å². The van der Waals surface area contributed by atoms with Gasteiger partial charge in [-0.2, -0.15) is 0 Å². The summed E-state index contributed by atoms with van der Waals surface area (Å²) < 4.78 is 15.3. The van der Waals surface area contributed by atoms with Crippen molar-refractivity contribution in [3.05, 3.63) is 53.4 Å². The summed E-state index contributed by atoms with van der Waals surface area (Å²) in [5, 5.41) is 3.27. The maximum absolute atomic E-state index is 13.4. The Kier molecular flexibility index (Phi) is 4.10. The van der Waals surface area contributed by atoms with Crippen LogP contribution in [0.1, 0.15) is 23.9 Å². The Morgan fingerprint density at radius 2 is 2.17 bits per heavy atom. The molecule has 0 fully saturated rings. The molecule has 0 radical (unpaired) electrons. The van der Waals surface area contributed by atoms with Gasteiger partial charge in [0.2, 0.25) is 0 Å². The minimum Gasteiger partial charge on any atom is -0.338 e. The Morgan fingerprint density at radius 1 is 1.33 bits per heavy atom. The molecule has 0 bridgehead atoms. The second-order valence-corrected chi connectivity index (χ2v) is 4.32. The van der Waals surface area contributed by atoms with Gasteiger partial charge in [0.05, 0.1) is 0 Å². The lowest BCUT2D eigenvalue weighted by atomic mass is 10.0. The molecule has 0 aliphatic rings. The molecule has 18 heavy (non-hydrogen) atoms. The third-order valence-electron chi connectivity index (χ3n) is 3.00. The molecule has 1 heterocycles. The normalized spacial score (nSPS) is 10.8. The number of rotatable bonds is 5. The molecule has 2 aromatic rings. The van der Waals surface area contributed by atoms with Gasteiger partial charge in [0, 0.05) is 32.4 Å². The highest BCUT2D eigenvalue weighted by molar-refractivity contribution is 5.30. The molecule has 96 valence electrons. The first-order valence-electron chi connectivity index (χ1n) is 6.15. The van der Waals surface area contributed by atoms with E-state index in [1.54, 1.807) is 12.3 Å². The van der Waals surface area contributed by atoms with Crippen molar-refractivity contribution >= 4 is 0 Å². The van der Waals surface area contributed by atoms with Crippen molar-refractivity contribution in [3.8, 4) is 0 Å². The summed E-state index contributed by atoms with van der Waals surface area (Å²) in [6.07, 6.45) is 4.32. The van der Waals surface area contributed by atoms with Crippen molar-refractivity contribution in [2.24, 2.45) is 7.05 Å². The summed E-state index contributed by atoms with van der Waals surface area (Å²) in [6, 6.07) is 4.95. The van der Waals surface area contributed by atoms with Crippen molar-refractivity contribution in [2.75, 3.05) is 6.54 Å². The van der Waals surface area contributed by atoms with E-state index < -0.39 is 0 Å². The van der Waals surface area contributed by atoms with Gasteiger partial charge in [0.25, 0.3) is 0 Å². The second-order valence-electron chi connectivity index (χ2n) is 4.32. The number of nitrogens with one attached hydrogen (secondary N) is 1. The van der Waals surface area contributed by atoms with Crippen LogP contribution in [0.5, 0.6) is 0 Å². The van der Waals surface area contributed by atoms with E-state index in [1.807, 2.05) is 23.9 Å². The predicted molar refractivity (Wildman–Crippen MR) is 69.8 cm³/mol. The van der Waals surface area contributed by atoms with Gasteiger partial charge in [-0.1, -0.05) is 13.0 Å². The van der Waals surface area contributed by atoms with E-state index in [9.17, 15) is 4.39 Å². The molecule has 1 aromatic carbocycles. The Morgan fingerprint density at radius 3 is 2.83 bits per heavy atom. The zero-order valence-electron chi connectivity index (χ0n) is 10.8. The predicted octanol–water partition coefficient (Wildman–Crippen LogP) is 2.26. The maximum Gasteiger partial charge on any atom is 0.123 e. The van der Waals surface area contributed by atoms with Crippen molar-refractivity contribution in [1.29, 1.82) is 0 Å². The molecule has 0 aliphatic carbocycles. The van der Waals surface area contributed by atoms with Gasteiger partial charge in [-0.05, 0) is 29.8 Å². The molecule has 0 amide bonds. The molecule has 0 saturated heterocycles. The lowest BCUT2D eigenvalue weighted by Gasteiger charge is -2.10. The number of nitrogens with zero attached hydrogens (tertiary/aromatic N) is 2. The molecule has 0 aliphatic heterocycles. The van der Waals surface area contributed by atoms with Crippen LogP contribution in [0.4, 0.5) is 4.39 Å². The summed E-state index contributed by atoms with van der Waals surface area (Å²) in [7, 11) is 1.95. The number of hydrogen-bond acceptors (Lipinski definition) is 2. The molecule has 2 rings (SSSR count). The van der Waals surface area contributed by atoms with Crippen LogP contribution < -0.4 is 5.32 Å². The largest absolute Gasteiger partial charge is 0.338 e. The smallest absolute Gasteiger partial charge is 0.123 e. The molecule has 4 heteroatoms. The van der Waals surface area contributed by atoms with Crippen LogP contribution >= 0.6 is 0 Å². The van der Waals surface area contributed by atoms with E-state index in [4.69, 9.17) is 0 Å². The lowest BCUT2D eigenvalue weighted by Crippen LogP contribution is -2.14. The molecule has 0 atom stereocenters. The number of hydrogen-bond donors (Lipinski definition) is 1. The highest BCUT2D eigenvalue weighted by atomic mass is 19.1. The maximum atomic E-state index is 13.4. The van der Waals surface area contributed by atoms with Crippen LogP contribution in [-0.2, 0) is 20.0 Å². The molecular formula is C14H18FN3. The van der Waals surface area contributed by atoms with E-state index in [2.05, 4.69) is 17.2 Å². The van der Waals surface area contributed by atoms with Gasteiger partial charge in [0.15, 0.2) is 0 Å². The fourth-order valence-corrected chi connectivity index (χ4v) is 1.93. The molecule has 0 saturated carbocycles. The molecule has 0 unspecified atom stereocenters. The third-order valence-corrected chi connectivity index (χ3v) is 3.00. The number of aryl methyl sites for hydroxylation is 1. The Hall–Kier alpha value is -1.68. The van der Waals surface area contributed by atoms with Crippen LogP contribution in [-0.4, -0.2) is 16.1 Å². The monoisotopic (exact) mass is 247 g/mol. The van der Waals surface area contributed by atoms with Crippen molar-refractivity contribution in [3.63, 3.8) is 0 Å².